The molecule has 1 aromatic rings. The molecule has 1 unspecified atom stereocenters. The minimum Gasteiger partial charge on any atom is -0.343 e. The van der Waals surface area contributed by atoms with Gasteiger partial charge in [0, 0.05) is 43.6 Å². The molecule has 3 heterocycles. The summed E-state index contributed by atoms with van der Waals surface area (Å²) in [6.45, 7) is 11.9. The summed E-state index contributed by atoms with van der Waals surface area (Å²) in [6.07, 6.45) is 5.88. The molecule has 1 atom stereocenters. The van der Waals surface area contributed by atoms with Gasteiger partial charge in [0.25, 0.3) is 0 Å². The number of likely N-dealkylation sites (tertiary alicyclic amines) is 1. The fraction of sp³-hybridized carbons (Fsp3) is 0.850. The van der Waals surface area contributed by atoms with E-state index < -0.39 is 0 Å². The SMILES string of the molecule is CCN(CC)C(=O)C1CCN(C2CCC3(C2)CN(c2nc(C)no2)C3)CC1. The fourth-order valence-corrected chi connectivity index (χ4v) is 5.39. The third-order valence-electron chi connectivity index (χ3n) is 6.99. The van der Waals surface area contributed by atoms with Crippen LogP contribution in [0.2, 0.25) is 0 Å². The summed E-state index contributed by atoms with van der Waals surface area (Å²) in [4.78, 5) is 23.8. The Labute approximate surface area is 162 Å². The standard InChI is InChI=1S/C20H33N5O2/c1-4-23(5-2)18(26)16-7-10-24(11-8-16)17-6-9-20(12-17)13-25(14-20)19-21-15(3)22-27-19/h16-17H,4-14H2,1-3H3. The lowest BCUT2D eigenvalue weighted by Crippen LogP contribution is -2.56. The molecule has 1 amide bonds. The molecule has 1 aliphatic carbocycles. The van der Waals surface area contributed by atoms with Crippen LogP contribution in [0.5, 0.6) is 0 Å². The Morgan fingerprint density at radius 3 is 2.52 bits per heavy atom. The van der Waals surface area contributed by atoms with Crippen molar-refractivity contribution in [1.29, 1.82) is 0 Å². The van der Waals surface area contributed by atoms with E-state index in [1.54, 1.807) is 0 Å². The van der Waals surface area contributed by atoms with Crippen molar-refractivity contribution in [2.45, 2.75) is 58.9 Å². The number of piperidine rings is 1. The first-order valence-electron chi connectivity index (χ1n) is 10.6. The van der Waals surface area contributed by atoms with E-state index in [0.717, 1.165) is 52.1 Å². The molecule has 0 radical (unpaired) electrons. The number of hydrogen-bond donors (Lipinski definition) is 0. The highest BCUT2D eigenvalue weighted by Gasteiger charge is 2.50. The Morgan fingerprint density at radius 2 is 1.93 bits per heavy atom. The number of amides is 1. The second-order valence-electron chi connectivity index (χ2n) is 8.70. The van der Waals surface area contributed by atoms with Crippen LogP contribution in [-0.2, 0) is 4.79 Å². The van der Waals surface area contributed by atoms with Crippen molar-refractivity contribution in [3.05, 3.63) is 5.82 Å². The number of aromatic nitrogens is 2. The van der Waals surface area contributed by atoms with Crippen molar-refractivity contribution in [3.8, 4) is 0 Å². The van der Waals surface area contributed by atoms with Crippen molar-refractivity contribution in [2.75, 3.05) is 44.2 Å². The van der Waals surface area contributed by atoms with Crippen LogP contribution in [0.15, 0.2) is 4.52 Å². The van der Waals surface area contributed by atoms with E-state index in [-0.39, 0.29) is 5.92 Å². The summed E-state index contributed by atoms with van der Waals surface area (Å²) in [5.41, 5.74) is 0.431. The number of hydrogen-bond acceptors (Lipinski definition) is 6. The number of rotatable bonds is 5. The van der Waals surface area contributed by atoms with Crippen molar-refractivity contribution >= 4 is 11.9 Å². The molecule has 2 saturated heterocycles. The Kier molecular flexibility index (Phi) is 5.14. The number of nitrogens with zero attached hydrogens (tertiary/aromatic N) is 5. The molecule has 4 rings (SSSR count). The third kappa shape index (κ3) is 3.58. The second-order valence-corrected chi connectivity index (χ2v) is 8.70. The maximum atomic E-state index is 12.6. The van der Waals surface area contributed by atoms with Gasteiger partial charge in [0.1, 0.15) is 0 Å². The monoisotopic (exact) mass is 375 g/mol. The summed E-state index contributed by atoms with van der Waals surface area (Å²) >= 11 is 0. The maximum Gasteiger partial charge on any atom is 0.324 e. The van der Waals surface area contributed by atoms with Gasteiger partial charge in [-0.05, 0) is 66.0 Å². The van der Waals surface area contributed by atoms with E-state index in [9.17, 15) is 4.79 Å². The topological polar surface area (TPSA) is 65.7 Å². The first-order chi connectivity index (χ1) is 13.0. The van der Waals surface area contributed by atoms with Crippen LogP contribution in [0.25, 0.3) is 0 Å². The van der Waals surface area contributed by atoms with Gasteiger partial charge in [-0.15, -0.1) is 0 Å². The lowest BCUT2D eigenvalue weighted by molar-refractivity contribution is -0.136. The molecule has 2 aliphatic heterocycles. The zero-order chi connectivity index (χ0) is 19.0. The van der Waals surface area contributed by atoms with Gasteiger partial charge in [0.15, 0.2) is 5.82 Å². The number of aryl methyl sites for hydroxylation is 1. The number of anilines is 1. The van der Waals surface area contributed by atoms with E-state index in [0.29, 0.717) is 29.2 Å². The molecule has 150 valence electrons. The van der Waals surface area contributed by atoms with E-state index in [1.165, 1.54) is 19.3 Å². The lowest BCUT2D eigenvalue weighted by atomic mass is 9.78. The average Bonchev–Trinajstić information content (AvgIpc) is 3.28. The van der Waals surface area contributed by atoms with Crippen LogP contribution in [0, 0.1) is 18.3 Å². The predicted octanol–water partition coefficient (Wildman–Crippen LogP) is 2.32. The highest BCUT2D eigenvalue weighted by molar-refractivity contribution is 5.78. The maximum absolute atomic E-state index is 12.6. The van der Waals surface area contributed by atoms with Crippen molar-refractivity contribution in [1.82, 2.24) is 19.9 Å². The van der Waals surface area contributed by atoms with E-state index >= 15 is 0 Å². The fourth-order valence-electron chi connectivity index (χ4n) is 5.39. The molecular weight excluding hydrogens is 342 g/mol. The molecular formula is C20H33N5O2. The molecule has 27 heavy (non-hydrogen) atoms. The van der Waals surface area contributed by atoms with Crippen molar-refractivity contribution in [3.63, 3.8) is 0 Å². The zero-order valence-corrected chi connectivity index (χ0v) is 17.0. The van der Waals surface area contributed by atoms with Crippen molar-refractivity contribution in [2.24, 2.45) is 11.3 Å². The van der Waals surface area contributed by atoms with E-state index in [1.807, 2.05) is 11.8 Å². The Balaban J connectivity index is 1.26. The largest absolute Gasteiger partial charge is 0.343 e. The van der Waals surface area contributed by atoms with Crippen LogP contribution in [0.1, 0.15) is 51.8 Å². The quantitative estimate of drug-likeness (QED) is 0.787. The van der Waals surface area contributed by atoms with Crippen LogP contribution < -0.4 is 4.90 Å². The van der Waals surface area contributed by atoms with Gasteiger partial charge in [-0.25, -0.2) is 0 Å². The Bertz CT molecular complexity index is 657. The molecule has 0 N–H and O–H groups in total. The molecule has 7 nitrogen and oxygen atoms in total. The summed E-state index contributed by atoms with van der Waals surface area (Å²) < 4.78 is 5.30. The average molecular weight is 376 g/mol. The zero-order valence-electron chi connectivity index (χ0n) is 17.0. The van der Waals surface area contributed by atoms with Gasteiger partial charge in [-0.3, -0.25) is 4.79 Å². The van der Waals surface area contributed by atoms with Gasteiger partial charge in [0.2, 0.25) is 5.91 Å². The first kappa shape index (κ1) is 18.7. The minimum atomic E-state index is 0.233. The summed E-state index contributed by atoms with van der Waals surface area (Å²) in [5.74, 6) is 1.31. The van der Waals surface area contributed by atoms with Gasteiger partial charge < -0.3 is 19.2 Å². The lowest BCUT2D eigenvalue weighted by Gasteiger charge is -2.48. The molecule has 0 bridgehead atoms. The minimum absolute atomic E-state index is 0.233. The normalized spacial score (nSPS) is 25.7. The molecule has 1 spiro atoms. The smallest absolute Gasteiger partial charge is 0.324 e. The third-order valence-corrected chi connectivity index (χ3v) is 6.99. The summed E-state index contributed by atoms with van der Waals surface area (Å²) in [5, 5.41) is 3.90. The van der Waals surface area contributed by atoms with Gasteiger partial charge in [-0.1, -0.05) is 5.16 Å². The first-order valence-corrected chi connectivity index (χ1v) is 10.6. The number of carbonyl (C=O) groups excluding carboxylic acids is 1. The molecule has 3 fully saturated rings. The van der Waals surface area contributed by atoms with Crippen molar-refractivity contribution < 1.29 is 9.32 Å². The van der Waals surface area contributed by atoms with Crippen LogP contribution in [0.3, 0.4) is 0 Å². The molecule has 1 saturated carbocycles. The highest BCUT2D eigenvalue weighted by atomic mass is 16.5. The van der Waals surface area contributed by atoms with Gasteiger partial charge in [0.05, 0.1) is 0 Å². The summed E-state index contributed by atoms with van der Waals surface area (Å²) in [6, 6.07) is 1.36. The van der Waals surface area contributed by atoms with Crippen LogP contribution in [0.4, 0.5) is 6.01 Å². The molecule has 7 heteroatoms. The second kappa shape index (κ2) is 7.41. The summed E-state index contributed by atoms with van der Waals surface area (Å²) in [7, 11) is 0. The van der Waals surface area contributed by atoms with Gasteiger partial charge >= 0.3 is 6.01 Å². The Hall–Kier alpha value is -1.63. The molecule has 3 aliphatic rings. The van der Waals surface area contributed by atoms with Gasteiger partial charge in [-0.2, -0.15) is 4.98 Å². The Morgan fingerprint density at radius 1 is 1.22 bits per heavy atom. The van der Waals surface area contributed by atoms with E-state index in [2.05, 4.69) is 33.8 Å². The van der Waals surface area contributed by atoms with E-state index in [4.69, 9.17) is 4.52 Å². The van der Waals surface area contributed by atoms with Crippen LogP contribution in [-0.4, -0.2) is 71.2 Å². The predicted molar refractivity (Wildman–Crippen MR) is 104 cm³/mol. The van der Waals surface area contributed by atoms with Crippen LogP contribution >= 0.6 is 0 Å². The number of carbonyl (C=O) groups is 1. The highest BCUT2D eigenvalue weighted by Crippen LogP contribution is 2.48. The molecule has 0 aromatic carbocycles. The molecule has 1 aromatic heterocycles.